The van der Waals surface area contributed by atoms with Gasteiger partial charge in [0.25, 0.3) is 0 Å². The molecule has 2 aliphatic rings. The molecule has 1 N–H and O–H groups in total. The van der Waals surface area contributed by atoms with E-state index in [1.807, 2.05) is 36.6 Å². The number of aliphatic imine (C=N–C) groups is 1. The fourth-order valence-corrected chi connectivity index (χ4v) is 4.86. The number of nitrogens with one attached hydrogen (secondary N) is 1. The number of aromatic nitrogens is 1. The van der Waals surface area contributed by atoms with Gasteiger partial charge in [0.2, 0.25) is 5.56 Å². The standard InChI is InChI=1S/C26H26N2O3.CH4/c1-4-21-20-13-17(2)16-26(21,22-10-11-24(29)28-23(22)15-20)27-12-6-8-18-7-5-9-19(14-18)25(30)31-3;/h4-14,20H,15-16H2,1-3H3,(H,28,29);1H4/b8-6+,21-4+,27-12?;. The molecule has 2 unspecified atom stereocenters. The molecular weight excluding hydrogens is 400 g/mol. The topological polar surface area (TPSA) is 71.5 Å². The van der Waals surface area contributed by atoms with Crippen molar-refractivity contribution in [2.24, 2.45) is 10.9 Å². The molecule has 2 bridgehead atoms. The second-order valence-electron chi connectivity index (χ2n) is 8.07. The van der Waals surface area contributed by atoms with E-state index in [9.17, 15) is 9.59 Å². The van der Waals surface area contributed by atoms with E-state index >= 15 is 0 Å². The Bertz CT molecular complexity index is 1200. The normalized spacial score (nSPS) is 23.0. The zero-order valence-electron chi connectivity index (χ0n) is 18.0. The van der Waals surface area contributed by atoms with Crippen molar-refractivity contribution in [2.75, 3.05) is 7.11 Å². The summed E-state index contributed by atoms with van der Waals surface area (Å²) in [6.45, 7) is 4.21. The summed E-state index contributed by atoms with van der Waals surface area (Å²) < 4.78 is 4.79. The zero-order chi connectivity index (χ0) is 22.0. The van der Waals surface area contributed by atoms with Gasteiger partial charge in [0.05, 0.1) is 12.7 Å². The second-order valence-corrected chi connectivity index (χ2v) is 8.07. The molecule has 0 saturated carbocycles. The van der Waals surface area contributed by atoms with Crippen LogP contribution in [0.1, 0.15) is 54.9 Å². The zero-order valence-corrected chi connectivity index (χ0v) is 18.0. The average molecular weight is 431 g/mol. The molecule has 2 aliphatic carbocycles. The van der Waals surface area contributed by atoms with Gasteiger partial charge >= 0.3 is 5.97 Å². The van der Waals surface area contributed by atoms with Gasteiger partial charge in [-0.1, -0.05) is 43.4 Å². The van der Waals surface area contributed by atoms with Crippen LogP contribution in [0, 0.1) is 5.92 Å². The van der Waals surface area contributed by atoms with Gasteiger partial charge in [-0.15, -0.1) is 0 Å². The van der Waals surface area contributed by atoms with E-state index in [0.29, 0.717) is 5.56 Å². The van der Waals surface area contributed by atoms with E-state index in [0.717, 1.165) is 29.7 Å². The number of pyridine rings is 1. The number of hydrogen-bond acceptors (Lipinski definition) is 4. The Morgan fingerprint density at radius 2 is 2.09 bits per heavy atom. The monoisotopic (exact) mass is 430 g/mol. The van der Waals surface area contributed by atoms with Gasteiger partial charge in [-0.05, 0) is 55.7 Å². The lowest BCUT2D eigenvalue weighted by atomic mass is 9.63. The molecule has 32 heavy (non-hydrogen) atoms. The van der Waals surface area contributed by atoms with Crippen molar-refractivity contribution in [3.05, 3.63) is 98.5 Å². The predicted molar refractivity (Wildman–Crippen MR) is 130 cm³/mol. The highest BCUT2D eigenvalue weighted by Crippen LogP contribution is 2.51. The van der Waals surface area contributed by atoms with Crippen LogP contribution in [0.2, 0.25) is 0 Å². The molecule has 1 aromatic carbocycles. The third kappa shape index (κ3) is 4.15. The largest absolute Gasteiger partial charge is 0.465 e. The van der Waals surface area contributed by atoms with Crippen molar-refractivity contribution < 1.29 is 9.53 Å². The summed E-state index contributed by atoms with van der Waals surface area (Å²) in [6, 6.07) is 10.8. The van der Waals surface area contributed by atoms with Crippen LogP contribution in [0.3, 0.4) is 0 Å². The Morgan fingerprint density at radius 1 is 1.28 bits per heavy atom. The van der Waals surface area contributed by atoms with Crippen LogP contribution >= 0.6 is 0 Å². The lowest BCUT2D eigenvalue weighted by molar-refractivity contribution is 0.0600. The molecule has 1 heterocycles. The Kier molecular flexibility index (Phi) is 6.78. The van der Waals surface area contributed by atoms with Gasteiger partial charge < -0.3 is 9.72 Å². The summed E-state index contributed by atoms with van der Waals surface area (Å²) >= 11 is 0. The number of methoxy groups -OCH3 is 1. The fourth-order valence-electron chi connectivity index (χ4n) is 4.86. The molecule has 2 aromatic rings. The molecule has 0 saturated heterocycles. The highest BCUT2D eigenvalue weighted by atomic mass is 16.5. The first kappa shape index (κ1) is 23.2. The van der Waals surface area contributed by atoms with E-state index in [-0.39, 0.29) is 24.9 Å². The molecule has 0 aliphatic heterocycles. The van der Waals surface area contributed by atoms with Gasteiger partial charge in [-0.2, -0.15) is 0 Å². The summed E-state index contributed by atoms with van der Waals surface area (Å²) in [7, 11) is 1.37. The van der Waals surface area contributed by atoms with Crippen molar-refractivity contribution in [1.29, 1.82) is 0 Å². The summed E-state index contributed by atoms with van der Waals surface area (Å²) in [4.78, 5) is 31.8. The number of ether oxygens (including phenoxy) is 1. The number of allylic oxidation sites excluding steroid dienone is 3. The van der Waals surface area contributed by atoms with Crippen molar-refractivity contribution in [3.8, 4) is 0 Å². The van der Waals surface area contributed by atoms with Crippen LogP contribution in [0.25, 0.3) is 6.08 Å². The van der Waals surface area contributed by atoms with E-state index < -0.39 is 5.54 Å². The maximum atomic E-state index is 11.9. The van der Waals surface area contributed by atoms with Crippen molar-refractivity contribution in [1.82, 2.24) is 4.98 Å². The second kappa shape index (κ2) is 9.35. The molecule has 0 amide bonds. The van der Waals surface area contributed by atoms with E-state index in [2.05, 4.69) is 31.0 Å². The van der Waals surface area contributed by atoms with Crippen LogP contribution < -0.4 is 5.56 Å². The fraction of sp³-hybridized carbons (Fsp3) is 0.296. The number of nitrogens with zero attached hydrogens (tertiary/aromatic N) is 1. The lowest BCUT2D eigenvalue weighted by Gasteiger charge is -2.45. The van der Waals surface area contributed by atoms with Crippen molar-refractivity contribution >= 4 is 18.3 Å². The summed E-state index contributed by atoms with van der Waals surface area (Å²) in [5.74, 6) is -0.119. The third-order valence-corrected chi connectivity index (χ3v) is 6.06. The van der Waals surface area contributed by atoms with Crippen LogP contribution in [0.4, 0.5) is 0 Å². The Balaban J connectivity index is 0.00000289. The Morgan fingerprint density at radius 3 is 2.84 bits per heavy atom. The van der Waals surface area contributed by atoms with E-state index in [4.69, 9.17) is 9.73 Å². The third-order valence-electron chi connectivity index (χ3n) is 6.06. The number of esters is 1. The summed E-state index contributed by atoms with van der Waals surface area (Å²) in [5, 5.41) is 0. The maximum absolute atomic E-state index is 11.9. The van der Waals surface area contributed by atoms with Crippen LogP contribution in [-0.4, -0.2) is 24.3 Å². The predicted octanol–water partition coefficient (Wildman–Crippen LogP) is 5.25. The number of H-pyrrole nitrogens is 1. The van der Waals surface area contributed by atoms with Gasteiger partial charge in [-0.3, -0.25) is 9.79 Å². The number of fused-ring (bicyclic) bond motifs is 4. The number of carbonyl (C=O) groups is 1. The number of aromatic amines is 1. The lowest BCUT2D eigenvalue weighted by Crippen LogP contribution is -2.40. The average Bonchev–Trinajstić information content (AvgIpc) is 2.75. The quantitative estimate of drug-likeness (QED) is 0.409. The van der Waals surface area contributed by atoms with Crippen LogP contribution in [0.15, 0.2) is 75.6 Å². The van der Waals surface area contributed by atoms with Crippen LogP contribution in [0.5, 0.6) is 0 Å². The number of carbonyl (C=O) groups excluding carboxylic acids is 1. The first-order valence-corrected chi connectivity index (χ1v) is 10.4. The highest BCUT2D eigenvalue weighted by Gasteiger charge is 2.46. The van der Waals surface area contributed by atoms with E-state index in [1.54, 1.807) is 18.2 Å². The van der Waals surface area contributed by atoms with Gasteiger partial charge in [-0.25, -0.2) is 4.79 Å². The molecule has 5 nitrogen and oxygen atoms in total. The first-order valence-electron chi connectivity index (χ1n) is 10.4. The minimum Gasteiger partial charge on any atom is -0.465 e. The SMILES string of the molecule is C.C/C=C1\C2C=C(C)CC1(N=C/C=C/c1cccc(C(=O)OC)c1)c1ccc(=O)[nH]c1C2. The molecule has 0 fully saturated rings. The summed E-state index contributed by atoms with van der Waals surface area (Å²) in [5.41, 5.74) is 5.44. The van der Waals surface area contributed by atoms with Crippen molar-refractivity contribution in [3.63, 3.8) is 0 Å². The molecule has 2 atom stereocenters. The maximum Gasteiger partial charge on any atom is 0.337 e. The van der Waals surface area contributed by atoms with E-state index in [1.165, 1.54) is 18.3 Å². The minimum atomic E-state index is -0.506. The molecule has 5 heteroatoms. The smallest absolute Gasteiger partial charge is 0.337 e. The molecule has 0 spiro atoms. The summed E-state index contributed by atoms with van der Waals surface area (Å²) in [6.07, 6.45) is 11.7. The number of rotatable bonds is 4. The number of hydrogen-bond donors (Lipinski definition) is 1. The molecule has 0 radical (unpaired) electrons. The van der Waals surface area contributed by atoms with Crippen molar-refractivity contribution in [2.45, 2.75) is 39.7 Å². The first-order chi connectivity index (χ1) is 15.0. The van der Waals surface area contributed by atoms with Gasteiger partial charge in [0.15, 0.2) is 0 Å². The molecule has 1 aromatic heterocycles. The molecule has 4 rings (SSSR count). The van der Waals surface area contributed by atoms with Gasteiger partial charge in [0, 0.05) is 35.9 Å². The molecular formula is C27H30N2O3. The minimum absolute atomic E-state index is 0. The Labute approximate surface area is 189 Å². The highest BCUT2D eigenvalue weighted by molar-refractivity contribution is 5.90. The molecule has 166 valence electrons. The van der Waals surface area contributed by atoms with Crippen LogP contribution in [-0.2, 0) is 16.7 Å². The number of benzene rings is 1. The Hall–Kier alpha value is -3.47. The van der Waals surface area contributed by atoms with Gasteiger partial charge in [0.1, 0.15) is 5.54 Å².